The zero-order valence-electron chi connectivity index (χ0n) is 11.6. The Morgan fingerprint density at radius 2 is 1.81 bits per heavy atom. The summed E-state index contributed by atoms with van der Waals surface area (Å²) in [7, 11) is 0. The van der Waals surface area contributed by atoms with Crippen molar-refractivity contribution in [3.63, 3.8) is 0 Å². The summed E-state index contributed by atoms with van der Waals surface area (Å²) in [5, 5.41) is 0. The first-order valence-electron chi connectivity index (χ1n) is 7.00. The first kappa shape index (κ1) is 14.0. The van der Waals surface area contributed by atoms with Gasteiger partial charge in [0.25, 0.3) is 0 Å². The van der Waals surface area contributed by atoms with Gasteiger partial charge in [-0.25, -0.2) is 0 Å². The average Bonchev–Trinajstić information content (AvgIpc) is 2.52. The molecule has 1 rings (SSSR count). The molecule has 1 aliphatic rings. The van der Waals surface area contributed by atoms with Crippen LogP contribution in [0.5, 0.6) is 0 Å². The second kappa shape index (κ2) is 6.61. The molecule has 1 saturated heterocycles. The lowest BCUT2D eigenvalue weighted by atomic mass is 9.89. The molecule has 0 spiro atoms. The highest BCUT2D eigenvalue weighted by molar-refractivity contribution is 4.78. The fourth-order valence-electron chi connectivity index (χ4n) is 2.78. The van der Waals surface area contributed by atoms with Gasteiger partial charge in [0.15, 0.2) is 0 Å². The van der Waals surface area contributed by atoms with Crippen LogP contribution in [0.4, 0.5) is 0 Å². The maximum Gasteiger partial charge on any atom is 0.0105 e. The Morgan fingerprint density at radius 3 is 2.38 bits per heavy atom. The maximum absolute atomic E-state index is 5.77. The molecule has 2 heteroatoms. The molecule has 1 fully saturated rings. The normalized spacial score (nSPS) is 27.8. The van der Waals surface area contributed by atoms with Crippen LogP contribution in [0.3, 0.4) is 0 Å². The van der Waals surface area contributed by atoms with Gasteiger partial charge in [-0.15, -0.1) is 0 Å². The summed E-state index contributed by atoms with van der Waals surface area (Å²) in [5.74, 6) is 2.41. The van der Waals surface area contributed by atoms with Gasteiger partial charge < -0.3 is 10.6 Å². The van der Waals surface area contributed by atoms with E-state index in [-0.39, 0.29) is 0 Å². The summed E-state index contributed by atoms with van der Waals surface area (Å²) in [6.07, 6.45) is 4.15. The second-order valence-electron chi connectivity index (χ2n) is 5.92. The standard InChI is InChI=1S/C14H30N2/c1-11(2)14-6-5-8-16(9-7-14)13(4)12(3)10-15/h11-14H,5-10,15H2,1-4H3. The molecule has 0 saturated carbocycles. The third kappa shape index (κ3) is 3.74. The molecule has 0 aromatic rings. The Morgan fingerprint density at radius 1 is 1.12 bits per heavy atom. The Kier molecular flexibility index (Phi) is 5.77. The van der Waals surface area contributed by atoms with Crippen molar-refractivity contribution in [2.75, 3.05) is 19.6 Å². The predicted molar refractivity (Wildman–Crippen MR) is 71.4 cm³/mol. The lowest BCUT2D eigenvalue weighted by Gasteiger charge is -2.31. The maximum atomic E-state index is 5.77. The summed E-state index contributed by atoms with van der Waals surface area (Å²) in [4.78, 5) is 2.65. The Hall–Kier alpha value is -0.0800. The van der Waals surface area contributed by atoms with Crippen molar-refractivity contribution in [3.05, 3.63) is 0 Å². The second-order valence-corrected chi connectivity index (χ2v) is 5.92. The summed E-state index contributed by atoms with van der Waals surface area (Å²) in [6.45, 7) is 12.7. The summed E-state index contributed by atoms with van der Waals surface area (Å²) in [5.41, 5.74) is 5.77. The van der Waals surface area contributed by atoms with E-state index in [1.807, 2.05) is 0 Å². The molecular weight excluding hydrogens is 196 g/mol. The van der Waals surface area contributed by atoms with Gasteiger partial charge in [0, 0.05) is 6.04 Å². The van der Waals surface area contributed by atoms with Crippen LogP contribution in [0.15, 0.2) is 0 Å². The topological polar surface area (TPSA) is 29.3 Å². The Balaban J connectivity index is 2.46. The van der Waals surface area contributed by atoms with E-state index in [0.717, 1.165) is 18.4 Å². The van der Waals surface area contributed by atoms with Gasteiger partial charge in [-0.05, 0) is 63.6 Å². The molecule has 0 bridgehead atoms. The van der Waals surface area contributed by atoms with Crippen molar-refractivity contribution < 1.29 is 0 Å². The average molecular weight is 226 g/mol. The molecule has 0 radical (unpaired) electrons. The smallest absolute Gasteiger partial charge is 0.0105 e. The quantitative estimate of drug-likeness (QED) is 0.798. The molecule has 3 unspecified atom stereocenters. The van der Waals surface area contributed by atoms with Gasteiger partial charge in [0.05, 0.1) is 0 Å². The van der Waals surface area contributed by atoms with Crippen LogP contribution in [-0.4, -0.2) is 30.6 Å². The van der Waals surface area contributed by atoms with E-state index in [1.54, 1.807) is 0 Å². The number of rotatable bonds is 4. The van der Waals surface area contributed by atoms with Crippen molar-refractivity contribution in [1.29, 1.82) is 0 Å². The number of likely N-dealkylation sites (tertiary alicyclic amines) is 1. The van der Waals surface area contributed by atoms with Crippen molar-refractivity contribution in [1.82, 2.24) is 4.90 Å². The minimum Gasteiger partial charge on any atom is -0.330 e. The highest BCUT2D eigenvalue weighted by Gasteiger charge is 2.24. The van der Waals surface area contributed by atoms with E-state index in [2.05, 4.69) is 32.6 Å². The molecule has 1 heterocycles. The Labute approximate surface area is 102 Å². The first-order valence-corrected chi connectivity index (χ1v) is 7.00. The zero-order chi connectivity index (χ0) is 12.1. The van der Waals surface area contributed by atoms with Crippen LogP contribution in [0.1, 0.15) is 47.0 Å². The highest BCUT2D eigenvalue weighted by Crippen LogP contribution is 2.26. The summed E-state index contributed by atoms with van der Waals surface area (Å²) >= 11 is 0. The molecule has 1 aliphatic heterocycles. The van der Waals surface area contributed by atoms with Crippen LogP contribution in [-0.2, 0) is 0 Å². The van der Waals surface area contributed by atoms with E-state index in [0.29, 0.717) is 12.0 Å². The third-order valence-electron chi connectivity index (χ3n) is 4.52. The van der Waals surface area contributed by atoms with E-state index >= 15 is 0 Å². The largest absolute Gasteiger partial charge is 0.330 e. The number of nitrogens with zero attached hydrogens (tertiary/aromatic N) is 1. The predicted octanol–water partition coefficient (Wildman–Crippen LogP) is 2.73. The van der Waals surface area contributed by atoms with Gasteiger partial charge in [0.1, 0.15) is 0 Å². The van der Waals surface area contributed by atoms with Crippen LogP contribution >= 0.6 is 0 Å². The summed E-state index contributed by atoms with van der Waals surface area (Å²) < 4.78 is 0. The van der Waals surface area contributed by atoms with Gasteiger partial charge in [0.2, 0.25) is 0 Å². The van der Waals surface area contributed by atoms with E-state index in [1.165, 1.54) is 32.4 Å². The lowest BCUT2D eigenvalue weighted by Crippen LogP contribution is -2.40. The minimum absolute atomic E-state index is 0.621. The van der Waals surface area contributed by atoms with Crippen LogP contribution < -0.4 is 5.73 Å². The van der Waals surface area contributed by atoms with Crippen LogP contribution in [0, 0.1) is 17.8 Å². The van der Waals surface area contributed by atoms with Gasteiger partial charge in [-0.3, -0.25) is 0 Å². The Bertz CT molecular complexity index is 191. The highest BCUT2D eigenvalue weighted by atomic mass is 15.2. The fraction of sp³-hybridized carbons (Fsp3) is 1.00. The van der Waals surface area contributed by atoms with Crippen molar-refractivity contribution in [2.24, 2.45) is 23.5 Å². The van der Waals surface area contributed by atoms with Crippen molar-refractivity contribution >= 4 is 0 Å². The van der Waals surface area contributed by atoms with Crippen molar-refractivity contribution in [2.45, 2.75) is 53.0 Å². The monoisotopic (exact) mass is 226 g/mol. The van der Waals surface area contributed by atoms with E-state index in [9.17, 15) is 0 Å². The van der Waals surface area contributed by atoms with Gasteiger partial charge in [-0.1, -0.05) is 20.8 Å². The van der Waals surface area contributed by atoms with Gasteiger partial charge >= 0.3 is 0 Å². The molecule has 0 aromatic heterocycles. The summed E-state index contributed by atoms with van der Waals surface area (Å²) in [6, 6.07) is 0.649. The first-order chi connectivity index (χ1) is 7.56. The SMILES string of the molecule is CC(C)C1CCCN(C(C)C(C)CN)CC1. The molecule has 3 atom stereocenters. The van der Waals surface area contributed by atoms with Crippen LogP contribution in [0.25, 0.3) is 0 Å². The minimum atomic E-state index is 0.621. The number of hydrogen-bond donors (Lipinski definition) is 1. The molecule has 0 amide bonds. The van der Waals surface area contributed by atoms with Crippen molar-refractivity contribution in [3.8, 4) is 0 Å². The van der Waals surface area contributed by atoms with E-state index in [4.69, 9.17) is 5.73 Å². The van der Waals surface area contributed by atoms with Crippen LogP contribution in [0.2, 0.25) is 0 Å². The lowest BCUT2D eigenvalue weighted by molar-refractivity contribution is 0.166. The molecular formula is C14H30N2. The number of nitrogens with two attached hydrogens (primary N) is 1. The molecule has 0 aromatic carbocycles. The molecule has 16 heavy (non-hydrogen) atoms. The molecule has 2 nitrogen and oxygen atoms in total. The zero-order valence-corrected chi connectivity index (χ0v) is 11.6. The third-order valence-corrected chi connectivity index (χ3v) is 4.52. The fourth-order valence-corrected chi connectivity index (χ4v) is 2.78. The number of hydrogen-bond acceptors (Lipinski definition) is 2. The molecule has 96 valence electrons. The van der Waals surface area contributed by atoms with E-state index < -0.39 is 0 Å². The molecule has 0 aliphatic carbocycles. The molecule has 2 N–H and O–H groups in total. The van der Waals surface area contributed by atoms with Gasteiger partial charge in [-0.2, -0.15) is 0 Å².